The van der Waals surface area contributed by atoms with Gasteiger partial charge in [-0.1, -0.05) is 18.2 Å². The van der Waals surface area contributed by atoms with Crippen LogP contribution in [-0.4, -0.2) is 38.0 Å². The molecule has 3 saturated heterocycles. The van der Waals surface area contributed by atoms with Gasteiger partial charge in [0.2, 0.25) is 21.8 Å². The first-order valence-corrected chi connectivity index (χ1v) is 12.9. The highest BCUT2D eigenvalue weighted by Gasteiger charge is 2.73. The number of carbonyl (C=O) groups excluding carboxylic acids is 2. The Morgan fingerprint density at radius 1 is 1.14 bits per heavy atom. The molecule has 0 radical (unpaired) electrons. The van der Waals surface area contributed by atoms with Gasteiger partial charge in [-0.3, -0.25) is 9.59 Å². The molecule has 4 atom stereocenters. The average molecular weight is 498 g/mol. The maximum atomic E-state index is 13.6. The summed E-state index contributed by atoms with van der Waals surface area (Å²) in [6, 6.07) is 14.1. The Morgan fingerprint density at radius 2 is 1.86 bits per heavy atom. The van der Waals surface area contributed by atoms with Crippen LogP contribution in [0, 0.1) is 23.2 Å². The molecule has 0 spiro atoms. The number of alkyl halides is 1. The van der Waals surface area contributed by atoms with E-state index in [0.29, 0.717) is 12.8 Å². The minimum atomic E-state index is -3.73. The third-order valence-electron chi connectivity index (χ3n) is 7.52. The molecule has 8 nitrogen and oxygen atoms in total. The zero-order chi connectivity index (χ0) is 25.0. The van der Waals surface area contributed by atoms with E-state index in [4.69, 9.17) is 10.00 Å². The van der Waals surface area contributed by atoms with Crippen LogP contribution >= 0.6 is 0 Å². The third-order valence-corrected chi connectivity index (χ3v) is 8.99. The molecule has 35 heavy (non-hydrogen) atoms. The monoisotopic (exact) mass is 497 g/mol. The predicted molar refractivity (Wildman–Crippen MR) is 123 cm³/mol. The van der Waals surface area contributed by atoms with Gasteiger partial charge < -0.3 is 4.74 Å². The van der Waals surface area contributed by atoms with Crippen molar-refractivity contribution in [3.63, 3.8) is 0 Å². The Bertz CT molecular complexity index is 1360. The van der Waals surface area contributed by atoms with Crippen molar-refractivity contribution in [3.05, 3.63) is 59.7 Å². The Kier molecular flexibility index (Phi) is 5.55. The molecule has 2 aromatic rings. The van der Waals surface area contributed by atoms with Crippen LogP contribution in [0.1, 0.15) is 37.3 Å². The number of imide groups is 1. The summed E-state index contributed by atoms with van der Waals surface area (Å²) in [6.45, 7) is 0.959. The van der Waals surface area contributed by atoms with E-state index in [-0.39, 0.29) is 34.7 Å². The first-order valence-electron chi connectivity index (χ1n) is 11.4. The van der Waals surface area contributed by atoms with Gasteiger partial charge in [-0.25, -0.2) is 22.4 Å². The van der Waals surface area contributed by atoms with Crippen LogP contribution in [0.2, 0.25) is 0 Å². The molecule has 2 aromatic carbocycles. The van der Waals surface area contributed by atoms with E-state index in [0.717, 1.165) is 4.90 Å². The van der Waals surface area contributed by atoms with Crippen molar-refractivity contribution >= 4 is 27.5 Å². The zero-order valence-corrected chi connectivity index (χ0v) is 19.8. The Morgan fingerprint density at radius 3 is 2.54 bits per heavy atom. The second-order valence-electron chi connectivity index (χ2n) is 9.49. The van der Waals surface area contributed by atoms with Gasteiger partial charge in [-0.05, 0) is 56.5 Å². The number of rotatable bonds is 7. The number of amides is 2. The van der Waals surface area contributed by atoms with E-state index in [1.165, 1.54) is 30.3 Å². The van der Waals surface area contributed by atoms with Crippen molar-refractivity contribution in [3.8, 4) is 6.07 Å². The zero-order valence-electron chi connectivity index (χ0n) is 19.0. The number of nitriles is 1. The summed E-state index contributed by atoms with van der Waals surface area (Å²) in [7, 11) is -3.73. The second-order valence-corrected chi connectivity index (χ2v) is 11.3. The Balaban J connectivity index is 1.41. The van der Waals surface area contributed by atoms with E-state index in [1.807, 2.05) is 13.0 Å². The van der Waals surface area contributed by atoms with Crippen molar-refractivity contribution in [2.24, 2.45) is 11.8 Å². The first-order chi connectivity index (χ1) is 16.7. The number of halogens is 1. The number of hydrogen-bond donors (Lipinski definition) is 1. The standard InChI is InChI=1S/C25H24FN3O5S/c1-24-9-10-25(34-24,11-12-28-35(32,33)19-5-3-2-4-6-19)21-20(24)22(30)29(23(21)31)18-8-7-16(15-27)17(13-18)14-26/h2-8,13,20-21,28H,9-12,14H2,1H3/t20-,21+,24?,25?/m1/s1. The number of fused-ring (bicyclic) bond motifs is 5. The molecule has 2 amide bonds. The first kappa shape index (κ1) is 23.6. The van der Waals surface area contributed by atoms with Gasteiger partial charge >= 0.3 is 0 Å². The van der Waals surface area contributed by atoms with E-state index in [2.05, 4.69) is 4.72 Å². The number of ether oxygens (including phenoxy) is 1. The molecule has 3 aliphatic heterocycles. The molecule has 5 rings (SSSR count). The molecule has 1 N–H and O–H groups in total. The summed E-state index contributed by atoms with van der Waals surface area (Å²) in [5.74, 6) is -2.33. The molecule has 3 aliphatic rings. The maximum Gasteiger partial charge on any atom is 0.240 e. The lowest BCUT2D eigenvalue weighted by Gasteiger charge is -2.31. The largest absolute Gasteiger partial charge is 0.367 e. The summed E-state index contributed by atoms with van der Waals surface area (Å²) in [5, 5.41) is 9.17. The molecule has 2 unspecified atom stereocenters. The summed E-state index contributed by atoms with van der Waals surface area (Å²) >= 11 is 0. The highest BCUT2D eigenvalue weighted by molar-refractivity contribution is 7.89. The predicted octanol–water partition coefficient (Wildman–Crippen LogP) is 2.82. The number of nitrogens with one attached hydrogen (secondary N) is 1. The fourth-order valence-corrected chi connectivity index (χ4v) is 6.94. The van der Waals surface area contributed by atoms with Gasteiger partial charge in [0.25, 0.3) is 0 Å². The smallest absolute Gasteiger partial charge is 0.240 e. The van der Waals surface area contributed by atoms with Crippen LogP contribution in [0.4, 0.5) is 10.1 Å². The van der Waals surface area contributed by atoms with Crippen LogP contribution < -0.4 is 9.62 Å². The SMILES string of the molecule is CC12CCC(CCNS(=O)(=O)c3ccccc3)(O1)[C@@H]1C(=O)N(c3ccc(C#N)c(CF)c3)C(=O)[C@@H]12. The van der Waals surface area contributed by atoms with Crippen molar-refractivity contribution < 1.29 is 27.1 Å². The summed E-state index contributed by atoms with van der Waals surface area (Å²) in [6.07, 6.45) is 1.31. The third kappa shape index (κ3) is 3.57. The lowest BCUT2D eigenvalue weighted by atomic mass is 9.67. The number of anilines is 1. The van der Waals surface area contributed by atoms with E-state index < -0.39 is 51.6 Å². The molecule has 2 bridgehead atoms. The van der Waals surface area contributed by atoms with Crippen LogP contribution in [0.5, 0.6) is 0 Å². The summed E-state index contributed by atoms with van der Waals surface area (Å²) in [5.41, 5.74) is -1.34. The minimum Gasteiger partial charge on any atom is -0.367 e. The van der Waals surface area contributed by atoms with Crippen LogP contribution in [0.3, 0.4) is 0 Å². The number of sulfonamides is 1. The molecule has 3 heterocycles. The normalized spacial score (nSPS) is 29.5. The molecule has 10 heteroatoms. The van der Waals surface area contributed by atoms with Crippen molar-refractivity contribution in [1.82, 2.24) is 4.72 Å². The fraction of sp³-hybridized carbons (Fsp3) is 0.400. The van der Waals surface area contributed by atoms with Crippen LogP contribution in [-0.2, 0) is 31.0 Å². The maximum absolute atomic E-state index is 13.6. The van der Waals surface area contributed by atoms with E-state index >= 15 is 0 Å². The highest BCUT2D eigenvalue weighted by atomic mass is 32.2. The molecule has 0 aromatic heterocycles. The number of hydrogen-bond acceptors (Lipinski definition) is 6. The lowest BCUT2D eigenvalue weighted by molar-refractivity contribution is -0.130. The van der Waals surface area contributed by atoms with Gasteiger partial charge in [-0.2, -0.15) is 5.26 Å². The number of carbonyl (C=O) groups is 2. The highest BCUT2D eigenvalue weighted by Crippen LogP contribution is 2.62. The molecule has 0 aliphatic carbocycles. The van der Waals surface area contributed by atoms with Gasteiger partial charge in [0.05, 0.1) is 45.3 Å². The Hall–Kier alpha value is -3.13. The summed E-state index contributed by atoms with van der Waals surface area (Å²) in [4.78, 5) is 28.3. The quantitative estimate of drug-likeness (QED) is 0.588. The van der Waals surface area contributed by atoms with Gasteiger partial charge in [-0.15, -0.1) is 0 Å². The van der Waals surface area contributed by atoms with Crippen LogP contribution in [0.15, 0.2) is 53.4 Å². The van der Waals surface area contributed by atoms with Crippen molar-refractivity contribution in [2.45, 2.75) is 49.0 Å². The average Bonchev–Trinajstić information content (AvgIpc) is 3.43. The molecular weight excluding hydrogens is 473 g/mol. The molecule has 0 saturated carbocycles. The topological polar surface area (TPSA) is 117 Å². The number of nitrogens with zero attached hydrogens (tertiary/aromatic N) is 2. The minimum absolute atomic E-state index is 0.0425. The van der Waals surface area contributed by atoms with Crippen molar-refractivity contribution in [1.29, 1.82) is 5.26 Å². The fourth-order valence-electron chi connectivity index (χ4n) is 5.88. The molecule has 3 fully saturated rings. The molecular formula is C25H24FN3O5S. The van der Waals surface area contributed by atoms with E-state index in [9.17, 15) is 22.4 Å². The van der Waals surface area contributed by atoms with Gasteiger partial charge in [0.15, 0.2) is 0 Å². The molecule has 182 valence electrons. The van der Waals surface area contributed by atoms with Gasteiger partial charge in [0, 0.05) is 12.1 Å². The van der Waals surface area contributed by atoms with Crippen molar-refractivity contribution in [2.75, 3.05) is 11.4 Å². The lowest BCUT2D eigenvalue weighted by Crippen LogP contribution is -2.44. The second kappa shape index (κ2) is 8.22. The van der Waals surface area contributed by atoms with Gasteiger partial charge in [0.1, 0.15) is 6.67 Å². The summed E-state index contributed by atoms with van der Waals surface area (Å²) < 4.78 is 47.6. The van der Waals surface area contributed by atoms with E-state index in [1.54, 1.807) is 18.2 Å². The number of benzene rings is 2. The van der Waals surface area contributed by atoms with Crippen LogP contribution in [0.25, 0.3) is 0 Å². The Labute approximate surface area is 202 Å².